The molecule has 0 aliphatic heterocycles. The molecule has 0 bridgehead atoms. The van der Waals surface area contributed by atoms with E-state index in [0.29, 0.717) is 13.2 Å². The van der Waals surface area contributed by atoms with Crippen LogP contribution in [0.1, 0.15) is 32.4 Å². The fraction of sp³-hybridized carbons (Fsp3) is 0.500. The monoisotopic (exact) mass is 209 g/mol. The average Bonchev–Trinajstić information content (AvgIpc) is 2.18. The maximum atomic E-state index is 5.83. The van der Waals surface area contributed by atoms with E-state index in [2.05, 4.69) is 0 Å². The Balaban J connectivity index is 2.97. The van der Waals surface area contributed by atoms with Crippen LogP contribution in [0.15, 0.2) is 18.2 Å². The van der Waals surface area contributed by atoms with Crippen LogP contribution in [0.5, 0.6) is 11.5 Å². The van der Waals surface area contributed by atoms with Gasteiger partial charge in [-0.25, -0.2) is 0 Å². The van der Waals surface area contributed by atoms with Crippen molar-refractivity contribution in [3.8, 4) is 11.5 Å². The Kier molecular flexibility index (Phi) is 4.43. The second kappa shape index (κ2) is 5.61. The summed E-state index contributed by atoms with van der Waals surface area (Å²) in [6, 6.07) is 5.79. The van der Waals surface area contributed by atoms with Gasteiger partial charge in [0.15, 0.2) is 0 Å². The summed E-state index contributed by atoms with van der Waals surface area (Å²) in [5.41, 5.74) is 6.86. The van der Waals surface area contributed by atoms with Crippen molar-refractivity contribution < 1.29 is 9.47 Å². The Morgan fingerprint density at radius 1 is 1.07 bits per heavy atom. The molecule has 1 aromatic carbocycles. The minimum atomic E-state index is -0.00962. The summed E-state index contributed by atoms with van der Waals surface area (Å²) < 4.78 is 10.9. The Hall–Kier alpha value is -1.22. The first-order valence-corrected chi connectivity index (χ1v) is 5.33. The highest BCUT2D eigenvalue weighted by atomic mass is 16.5. The van der Waals surface area contributed by atoms with E-state index in [1.165, 1.54) is 0 Å². The summed E-state index contributed by atoms with van der Waals surface area (Å²) in [4.78, 5) is 0. The van der Waals surface area contributed by atoms with E-state index in [1.807, 2.05) is 39.0 Å². The van der Waals surface area contributed by atoms with Crippen molar-refractivity contribution in [2.75, 3.05) is 13.2 Å². The second-order valence-corrected chi connectivity index (χ2v) is 3.39. The lowest BCUT2D eigenvalue weighted by Gasteiger charge is -2.12. The third-order valence-electron chi connectivity index (χ3n) is 2.05. The number of rotatable bonds is 5. The van der Waals surface area contributed by atoms with Crippen LogP contribution in [0.3, 0.4) is 0 Å². The largest absolute Gasteiger partial charge is 0.494 e. The Labute approximate surface area is 91.2 Å². The number of nitrogens with two attached hydrogens (primary N) is 1. The molecule has 0 heterocycles. The highest BCUT2D eigenvalue weighted by Gasteiger charge is 2.05. The van der Waals surface area contributed by atoms with Crippen LogP contribution in [0.25, 0.3) is 0 Å². The van der Waals surface area contributed by atoms with Gasteiger partial charge in [-0.1, -0.05) is 0 Å². The Morgan fingerprint density at radius 2 is 1.53 bits per heavy atom. The molecule has 0 amide bonds. The molecule has 0 radical (unpaired) electrons. The van der Waals surface area contributed by atoms with Crippen LogP contribution in [0, 0.1) is 0 Å². The molecule has 2 N–H and O–H groups in total. The molecule has 3 nitrogen and oxygen atoms in total. The fourth-order valence-electron chi connectivity index (χ4n) is 1.36. The number of hydrogen-bond acceptors (Lipinski definition) is 3. The zero-order valence-corrected chi connectivity index (χ0v) is 9.62. The lowest BCUT2D eigenvalue weighted by molar-refractivity contribution is 0.322. The fourth-order valence-corrected chi connectivity index (χ4v) is 1.36. The normalized spacial score (nSPS) is 12.3. The molecule has 0 aromatic heterocycles. The Morgan fingerprint density at radius 3 is 1.87 bits per heavy atom. The molecule has 1 rings (SSSR count). The summed E-state index contributed by atoms with van der Waals surface area (Å²) in [5.74, 6) is 1.63. The second-order valence-electron chi connectivity index (χ2n) is 3.39. The smallest absolute Gasteiger partial charge is 0.123 e. The van der Waals surface area contributed by atoms with Crippen molar-refractivity contribution in [2.24, 2.45) is 5.73 Å². The van der Waals surface area contributed by atoms with Crippen molar-refractivity contribution in [3.05, 3.63) is 23.8 Å². The first kappa shape index (κ1) is 11.9. The molecule has 0 fully saturated rings. The zero-order chi connectivity index (χ0) is 11.3. The summed E-state index contributed by atoms with van der Waals surface area (Å²) in [6.07, 6.45) is 0. The van der Waals surface area contributed by atoms with E-state index in [1.54, 1.807) is 0 Å². The van der Waals surface area contributed by atoms with Crippen LogP contribution >= 0.6 is 0 Å². The summed E-state index contributed by atoms with van der Waals surface area (Å²) in [7, 11) is 0. The maximum absolute atomic E-state index is 5.83. The van der Waals surface area contributed by atoms with Gasteiger partial charge in [0.1, 0.15) is 11.5 Å². The highest BCUT2D eigenvalue weighted by Crippen LogP contribution is 2.25. The maximum Gasteiger partial charge on any atom is 0.123 e. The molecule has 0 saturated carbocycles. The predicted octanol–water partition coefficient (Wildman–Crippen LogP) is 2.50. The predicted molar refractivity (Wildman–Crippen MR) is 61.4 cm³/mol. The first-order chi connectivity index (χ1) is 7.17. The lowest BCUT2D eigenvalue weighted by atomic mass is 10.1. The van der Waals surface area contributed by atoms with Crippen molar-refractivity contribution in [1.82, 2.24) is 0 Å². The van der Waals surface area contributed by atoms with Gasteiger partial charge in [0, 0.05) is 12.1 Å². The van der Waals surface area contributed by atoms with Crippen molar-refractivity contribution in [2.45, 2.75) is 26.8 Å². The van der Waals surface area contributed by atoms with Gasteiger partial charge in [-0.2, -0.15) is 0 Å². The lowest BCUT2D eigenvalue weighted by Crippen LogP contribution is -2.06. The average molecular weight is 209 g/mol. The number of ether oxygens (including phenoxy) is 2. The van der Waals surface area contributed by atoms with E-state index in [0.717, 1.165) is 17.1 Å². The molecule has 3 heteroatoms. The molecule has 0 saturated heterocycles. The summed E-state index contributed by atoms with van der Waals surface area (Å²) in [6.45, 7) is 7.15. The Bertz CT molecular complexity index is 286. The standard InChI is InChI=1S/C12H19NO2/c1-4-14-11-6-10(9(3)13)7-12(8-11)15-5-2/h6-9H,4-5,13H2,1-3H3/t9-/m1/s1. The van der Waals surface area contributed by atoms with Crippen LogP contribution in [0.4, 0.5) is 0 Å². The van der Waals surface area contributed by atoms with E-state index >= 15 is 0 Å². The molecule has 0 unspecified atom stereocenters. The molecule has 0 aliphatic rings. The van der Waals surface area contributed by atoms with Crippen LogP contribution < -0.4 is 15.2 Å². The quantitative estimate of drug-likeness (QED) is 0.810. The molecular formula is C12H19NO2. The van der Waals surface area contributed by atoms with Gasteiger partial charge in [0.05, 0.1) is 13.2 Å². The minimum absolute atomic E-state index is 0.00962. The zero-order valence-electron chi connectivity index (χ0n) is 9.62. The molecule has 15 heavy (non-hydrogen) atoms. The van der Waals surface area contributed by atoms with Crippen molar-refractivity contribution >= 4 is 0 Å². The van der Waals surface area contributed by atoms with E-state index in [-0.39, 0.29) is 6.04 Å². The van der Waals surface area contributed by atoms with E-state index in [9.17, 15) is 0 Å². The molecular weight excluding hydrogens is 190 g/mol. The highest BCUT2D eigenvalue weighted by molar-refractivity contribution is 5.39. The van der Waals surface area contributed by atoms with Crippen molar-refractivity contribution in [3.63, 3.8) is 0 Å². The molecule has 84 valence electrons. The van der Waals surface area contributed by atoms with Gasteiger partial charge in [-0.05, 0) is 38.5 Å². The minimum Gasteiger partial charge on any atom is -0.494 e. The summed E-state index contributed by atoms with van der Waals surface area (Å²) >= 11 is 0. The molecule has 0 spiro atoms. The van der Waals surface area contributed by atoms with E-state index < -0.39 is 0 Å². The van der Waals surface area contributed by atoms with E-state index in [4.69, 9.17) is 15.2 Å². The number of benzene rings is 1. The molecule has 1 atom stereocenters. The third kappa shape index (κ3) is 3.44. The van der Waals surface area contributed by atoms with Gasteiger partial charge in [-0.3, -0.25) is 0 Å². The van der Waals surface area contributed by atoms with Gasteiger partial charge >= 0.3 is 0 Å². The summed E-state index contributed by atoms with van der Waals surface area (Å²) in [5, 5.41) is 0. The molecule has 1 aromatic rings. The molecule has 0 aliphatic carbocycles. The van der Waals surface area contributed by atoms with Gasteiger partial charge in [0.25, 0.3) is 0 Å². The van der Waals surface area contributed by atoms with Gasteiger partial charge in [-0.15, -0.1) is 0 Å². The number of hydrogen-bond donors (Lipinski definition) is 1. The van der Waals surface area contributed by atoms with Crippen molar-refractivity contribution in [1.29, 1.82) is 0 Å². The topological polar surface area (TPSA) is 44.5 Å². The first-order valence-electron chi connectivity index (χ1n) is 5.33. The van der Waals surface area contributed by atoms with Crippen LogP contribution in [-0.2, 0) is 0 Å². The third-order valence-corrected chi connectivity index (χ3v) is 2.05. The SMILES string of the molecule is CCOc1cc(OCC)cc([C@@H](C)N)c1. The van der Waals surface area contributed by atoms with Crippen LogP contribution in [0.2, 0.25) is 0 Å². The van der Waals surface area contributed by atoms with Crippen LogP contribution in [-0.4, -0.2) is 13.2 Å². The van der Waals surface area contributed by atoms with Gasteiger partial charge < -0.3 is 15.2 Å². The van der Waals surface area contributed by atoms with Gasteiger partial charge in [0.2, 0.25) is 0 Å².